The lowest BCUT2D eigenvalue weighted by Crippen LogP contribution is -2.60. The molecule has 0 bridgehead atoms. The summed E-state index contributed by atoms with van der Waals surface area (Å²) < 4.78 is 0.169. The molecule has 1 heterocycles. The molecule has 2 unspecified atom stereocenters. The van der Waals surface area contributed by atoms with Crippen LogP contribution < -0.4 is 0 Å². The van der Waals surface area contributed by atoms with Gasteiger partial charge in [-0.05, 0) is 12.8 Å². The van der Waals surface area contributed by atoms with Crippen molar-refractivity contribution in [3.63, 3.8) is 0 Å². The van der Waals surface area contributed by atoms with E-state index in [1.54, 1.807) is 0 Å². The number of nitrogens with zero attached hydrogens (tertiary/aromatic N) is 2. The monoisotopic (exact) mass is 453 g/mol. The summed E-state index contributed by atoms with van der Waals surface area (Å²) in [6, 6.07) is 0. The van der Waals surface area contributed by atoms with Crippen molar-refractivity contribution in [2.75, 3.05) is 19.6 Å². The smallest absolute Gasteiger partial charge is 0.359 e. The maximum Gasteiger partial charge on any atom is 0.359 e. The Morgan fingerprint density at radius 2 is 1.28 bits per heavy atom. The Kier molecular flexibility index (Phi) is 16.8. The number of hydrogen-bond donors (Lipinski definition) is 2. The van der Waals surface area contributed by atoms with Crippen molar-refractivity contribution in [2.45, 2.75) is 142 Å². The Hall–Kier alpha value is -0.940. The minimum atomic E-state index is -0.846. The first-order valence-electron chi connectivity index (χ1n) is 13.9. The highest BCUT2D eigenvalue weighted by atomic mass is 16.4. The van der Waals surface area contributed by atoms with E-state index in [1.807, 2.05) is 6.92 Å². The third-order valence-corrected chi connectivity index (χ3v) is 7.10. The van der Waals surface area contributed by atoms with Gasteiger partial charge in [0, 0.05) is 12.8 Å². The van der Waals surface area contributed by atoms with Crippen molar-refractivity contribution in [2.24, 2.45) is 4.99 Å². The van der Waals surface area contributed by atoms with Crippen LogP contribution in [0.5, 0.6) is 0 Å². The normalized spacial score (nSPS) is 19.3. The summed E-state index contributed by atoms with van der Waals surface area (Å²) in [6.45, 7) is 5.53. The molecule has 1 aliphatic rings. The van der Waals surface area contributed by atoms with Crippen LogP contribution in [-0.4, -0.2) is 52.4 Å². The summed E-state index contributed by atoms with van der Waals surface area (Å²) in [7, 11) is 0. The second kappa shape index (κ2) is 18.5. The lowest BCUT2D eigenvalue weighted by Gasteiger charge is -2.37. The van der Waals surface area contributed by atoms with Gasteiger partial charge in [-0.1, -0.05) is 110 Å². The van der Waals surface area contributed by atoms with Gasteiger partial charge in [0.15, 0.2) is 12.8 Å². The van der Waals surface area contributed by atoms with Crippen LogP contribution in [-0.2, 0) is 4.79 Å². The fraction of sp³-hybridized carbons (Fsp3) is 0.926. The molecule has 2 atom stereocenters. The van der Waals surface area contributed by atoms with Gasteiger partial charge in [0.05, 0.1) is 6.54 Å². The Labute approximate surface area is 198 Å². The lowest BCUT2D eigenvalue weighted by molar-refractivity contribution is -0.880. The second-order valence-electron chi connectivity index (χ2n) is 9.93. The fourth-order valence-corrected chi connectivity index (χ4v) is 5.10. The first kappa shape index (κ1) is 29.1. The molecule has 0 amide bonds. The molecule has 0 spiro atoms. The Bertz CT molecular complexity index is 509. The van der Waals surface area contributed by atoms with Crippen molar-refractivity contribution in [3.05, 3.63) is 0 Å². The molecule has 5 heteroatoms. The zero-order chi connectivity index (χ0) is 23.5. The molecule has 0 saturated heterocycles. The third kappa shape index (κ3) is 11.8. The first-order valence-corrected chi connectivity index (χ1v) is 13.9. The molecule has 0 radical (unpaired) electrons. The number of rotatable bonds is 22. The molecule has 1 rings (SSSR count). The topological polar surface area (TPSA) is 69.9 Å². The Morgan fingerprint density at radius 1 is 0.812 bits per heavy atom. The predicted octanol–water partition coefficient (Wildman–Crippen LogP) is 7.07. The minimum Gasteiger partial charge on any atom is -0.477 e. The summed E-state index contributed by atoms with van der Waals surface area (Å²) in [5, 5.41) is 20.1. The predicted molar refractivity (Wildman–Crippen MR) is 135 cm³/mol. The zero-order valence-electron chi connectivity index (χ0n) is 21.3. The zero-order valence-corrected chi connectivity index (χ0v) is 21.3. The molecule has 2 N–H and O–H groups in total. The molecule has 0 aromatic carbocycles. The number of aliphatic hydroxyl groups excluding tert-OH is 1. The van der Waals surface area contributed by atoms with Crippen molar-refractivity contribution in [1.82, 2.24) is 0 Å². The number of quaternary nitrogens is 1. The number of aliphatic carboxylic acids is 1. The summed E-state index contributed by atoms with van der Waals surface area (Å²) in [5.74, 6) is 0.0699. The van der Waals surface area contributed by atoms with Gasteiger partial charge in [-0.3, -0.25) is 0 Å². The molecule has 5 nitrogen and oxygen atoms in total. The van der Waals surface area contributed by atoms with E-state index in [0.29, 0.717) is 19.5 Å². The van der Waals surface area contributed by atoms with Crippen LogP contribution in [0, 0.1) is 0 Å². The number of amidine groups is 1. The van der Waals surface area contributed by atoms with Crippen molar-refractivity contribution in [3.8, 4) is 0 Å². The van der Waals surface area contributed by atoms with E-state index in [2.05, 4.69) is 11.9 Å². The number of aliphatic hydroxyl groups is 1. The fourth-order valence-electron chi connectivity index (χ4n) is 5.10. The maximum atomic E-state index is 11.5. The van der Waals surface area contributed by atoms with Gasteiger partial charge in [-0.2, -0.15) is 0 Å². The SMILES string of the molecule is CCCCCCCCCCCCCCCCCCC1=NCC[N+]1(CC(=O)O)C(O)CCC. The van der Waals surface area contributed by atoms with Gasteiger partial charge < -0.3 is 10.2 Å². The standard InChI is InChI=1S/C27H52N2O3/c1-3-5-6-7-8-9-10-11-12-13-14-15-16-17-18-19-21-25-28-22-23-29(25,24-27(31)32)26(30)20-4-2/h26,30H,3-24H2,1-2H3/p+1. The van der Waals surface area contributed by atoms with E-state index in [-0.39, 0.29) is 11.0 Å². The van der Waals surface area contributed by atoms with Crippen LogP contribution in [0.4, 0.5) is 0 Å². The van der Waals surface area contributed by atoms with E-state index >= 15 is 0 Å². The highest BCUT2D eigenvalue weighted by Crippen LogP contribution is 2.25. The molecular weight excluding hydrogens is 400 g/mol. The van der Waals surface area contributed by atoms with Crippen molar-refractivity contribution >= 4 is 11.8 Å². The summed E-state index contributed by atoms with van der Waals surface area (Å²) in [5.41, 5.74) is 0. The molecule has 1 aliphatic heterocycles. The molecule has 0 aliphatic carbocycles. The van der Waals surface area contributed by atoms with Crippen LogP contribution in [0.25, 0.3) is 0 Å². The van der Waals surface area contributed by atoms with E-state index in [9.17, 15) is 15.0 Å². The number of carboxylic acid groups (broad SMARTS) is 1. The lowest BCUT2D eigenvalue weighted by atomic mass is 10.0. The maximum absolute atomic E-state index is 11.5. The number of carbonyl (C=O) groups is 1. The van der Waals surface area contributed by atoms with Gasteiger partial charge in [-0.25, -0.2) is 14.3 Å². The van der Waals surface area contributed by atoms with Crippen LogP contribution in [0.15, 0.2) is 4.99 Å². The van der Waals surface area contributed by atoms with Crippen LogP contribution in [0.1, 0.15) is 136 Å². The third-order valence-electron chi connectivity index (χ3n) is 7.10. The molecule has 188 valence electrons. The van der Waals surface area contributed by atoms with E-state index in [1.165, 1.54) is 96.3 Å². The molecule has 0 aromatic heterocycles. The first-order chi connectivity index (χ1) is 15.6. The quantitative estimate of drug-likeness (QED) is 0.136. The average molecular weight is 454 g/mol. The molecule has 0 saturated carbocycles. The van der Waals surface area contributed by atoms with Crippen LogP contribution >= 0.6 is 0 Å². The highest BCUT2D eigenvalue weighted by Gasteiger charge is 2.45. The number of carboxylic acids is 1. The van der Waals surface area contributed by atoms with Gasteiger partial charge in [0.25, 0.3) is 0 Å². The molecule has 0 fully saturated rings. The van der Waals surface area contributed by atoms with E-state index in [4.69, 9.17) is 0 Å². The number of unbranched alkanes of at least 4 members (excludes halogenated alkanes) is 15. The van der Waals surface area contributed by atoms with Crippen LogP contribution in [0.3, 0.4) is 0 Å². The van der Waals surface area contributed by atoms with E-state index < -0.39 is 12.2 Å². The van der Waals surface area contributed by atoms with Crippen molar-refractivity contribution < 1.29 is 19.5 Å². The molecular formula is C27H53N2O3+. The van der Waals surface area contributed by atoms with E-state index in [0.717, 1.165) is 25.1 Å². The average Bonchev–Trinajstić information content (AvgIpc) is 3.16. The minimum absolute atomic E-state index is 0.0428. The van der Waals surface area contributed by atoms with Gasteiger partial charge >= 0.3 is 5.97 Å². The molecule has 32 heavy (non-hydrogen) atoms. The highest BCUT2D eigenvalue weighted by molar-refractivity contribution is 5.80. The van der Waals surface area contributed by atoms with Crippen LogP contribution in [0.2, 0.25) is 0 Å². The van der Waals surface area contributed by atoms with Crippen molar-refractivity contribution in [1.29, 1.82) is 0 Å². The van der Waals surface area contributed by atoms with Gasteiger partial charge in [0.1, 0.15) is 6.54 Å². The van der Waals surface area contributed by atoms with Gasteiger partial charge in [-0.15, -0.1) is 0 Å². The van der Waals surface area contributed by atoms with Gasteiger partial charge in [0.2, 0.25) is 5.84 Å². The largest absolute Gasteiger partial charge is 0.477 e. The summed E-state index contributed by atoms with van der Waals surface area (Å²) in [6.07, 6.45) is 23.2. The second-order valence-corrected chi connectivity index (χ2v) is 9.93. The molecule has 0 aromatic rings. The Balaban J connectivity index is 2.06. The Morgan fingerprint density at radius 3 is 1.72 bits per heavy atom. The summed E-state index contributed by atoms with van der Waals surface area (Å²) >= 11 is 0. The summed E-state index contributed by atoms with van der Waals surface area (Å²) in [4.78, 5) is 16.1. The number of hydrogen-bond acceptors (Lipinski definition) is 3. The number of aliphatic imine (C=N–C) groups is 1.